The third kappa shape index (κ3) is 5.02. The van der Waals surface area contributed by atoms with Gasteiger partial charge in [0, 0.05) is 11.3 Å². The molecular formula is C28H24F3NO5. The summed E-state index contributed by atoms with van der Waals surface area (Å²) < 4.78 is 45.0. The summed E-state index contributed by atoms with van der Waals surface area (Å²) in [7, 11) is 0. The number of alkyl halides is 3. The monoisotopic (exact) mass is 511 g/mol. The molecule has 1 amide bonds. The molecule has 2 N–H and O–H groups in total. The second-order valence-corrected chi connectivity index (χ2v) is 8.95. The summed E-state index contributed by atoms with van der Waals surface area (Å²) in [5, 5.41) is 21.0. The second kappa shape index (κ2) is 9.65. The number of nitrogens with zero attached hydrogens (tertiary/aromatic N) is 1. The van der Waals surface area contributed by atoms with Crippen molar-refractivity contribution < 1.29 is 37.7 Å². The number of carbonyl (C=O) groups is 2. The number of rotatable bonds is 5. The molecule has 0 spiro atoms. The topological polar surface area (TPSA) is 87.1 Å². The lowest BCUT2D eigenvalue weighted by atomic mass is 9.94. The quantitative estimate of drug-likeness (QED) is 0.244. The minimum Gasteiger partial charge on any atom is -0.508 e. The first-order chi connectivity index (χ1) is 17.4. The molecule has 6 nitrogen and oxygen atoms in total. The number of anilines is 1. The van der Waals surface area contributed by atoms with E-state index in [1.54, 1.807) is 25.1 Å². The summed E-state index contributed by atoms with van der Waals surface area (Å²) in [5.41, 5.74) is 0.235. The van der Waals surface area contributed by atoms with Crippen molar-refractivity contribution in [3.8, 4) is 11.5 Å². The Balaban J connectivity index is 1.87. The van der Waals surface area contributed by atoms with Gasteiger partial charge < -0.3 is 14.9 Å². The molecule has 1 aliphatic rings. The number of ketones is 1. The maximum Gasteiger partial charge on any atom is 0.416 e. The maximum atomic E-state index is 13.2. The standard InChI is InChI=1S/C28H24F3NO5/c1-15(2)37-22-13-6-18(14-16(22)3)25(34)23-24(17-4-11-21(33)12-5-17)32(27(36)26(23)35)20-9-7-19(8-10-20)28(29,30)31/h4-15,24,33-34H,1-3H3/b25-23-. The van der Waals surface area contributed by atoms with Crippen LogP contribution in [0.5, 0.6) is 11.5 Å². The van der Waals surface area contributed by atoms with Crippen molar-refractivity contribution in [2.45, 2.75) is 39.1 Å². The number of hydrogen-bond acceptors (Lipinski definition) is 5. The lowest BCUT2D eigenvalue weighted by molar-refractivity contribution is -0.137. The summed E-state index contributed by atoms with van der Waals surface area (Å²) in [6, 6.07) is 13.2. The van der Waals surface area contributed by atoms with Gasteiger partial charge in [0.15, 0.2) is 0 Å². The number of aromatic hydroxyl groups is 1. The van der Waals surface area contributed by atoms with Crippen LogP contribution in [0.4, 0.5) is 18.9 Å². The Labute approximate surface area is 211 Å². The van der Waals surface area contributed by atoms with E-state index in [1.807, 2.05) is 13.8 Å². The molecule has 1 heterocycles. The van der Waals surface area contributed by atoms with Crippen molar-refractivity contribution in [1.29, 1.82) is 0 Å². The van der Waals surface area contributed by atoms with Crippen LogP contribution in [0.15, 0.2) is 72.3 Å². The number of phenolic OH excluding ortho intramolecular Hbond substituents is 1. The molecule has 1 saturated heterocycles. The summed E-state index contributed by atoms with van der Waals surface area (Å²) in [5.74, 6) is -1.91. The van der Waals surface area contributed by atoms with Crippen molar-refractivity contribution in [3.63, 3.8) is 0 Å². The van der Waals surface area contributed by atoms with Crippen LogP contribution in [0.1, 0.15) is 42.1 Å². The normalized spacial score (nSPS) is 17.5. The van der Waals surface area contributed by atoms with E-state index in [0.717, 1.165) is 29.2 Å². The van der Waals surface area contributed by atoms with Crippen LogP contribution in [0, 0.1) is 6.92 Å². The number of halogens is 3. The molecule has 1 unspecified atom stereocenters. The lowest BCUT2D eigenvalue weighted by Gasteiger charge is -2.26. The van der Waals surface area contributed by atoms with Crippen LogP contribution in [0.2, 0.25) is 0 Å². The highest BCUT2D eigenvalue weighted by atomic mass is 19.4. The van der Waals surface area contributed by atoms with Gasteiger partial charge in [-0.05, 0) is 86.5 Å². The van der Waals surface area contributed by atoms with Crippen LogP contribution >= 0.6 is 0 Å². The van der Waals surface area contributed by atoms with Crippen LogP contribution in [-0.2, 0) is 15.8 Å². The van der Waals surface area contributed by atoms with E-state index < -0.39 is 35.2 Å². The van der Waals surface area contributed by atoms with Gasteiger partial charge in [-0.3, -0.25) is 14.5 Å². The zero-order valence-electron chi connectivity index (χ0n) is 20.2. The maximum absolute atomic E-state index is 13.2. The number of aliphatic hydroxyl groups excluding tert-OH is 1. The molecule has 0 bridgehead atoms. The first kappa shape index (κ1) is 25.8. The molecule has 0 aliphatic carbocycles. The van der Waals surface area contributed by atoms with Gasteiger partial charge in [-0.1, -0.05) is 12.1 Å². The Morgan fingerprint density at radius 1 is 0.973 bits per heavy atom. The van der Waals surface area contributed by atoms with E-state index in [-0.39, 0.29) is 28.7 Å². The van der Waals surface area contributed by atoms with Gasteiger partial charge in [-0.25, -0.2) is 0 Å². The minimum atomic E-state index is -4.58. The molecule has 0 saturated carbocycles. The van der Waals surface area contributed by atoms with Crippen molar-refractivity contribution in [2.75, 3.05) is 4.90 Å². The molecule has 3 aromatic rings. The average Bonchev–Trinajstić information content (AvgIpc) is 3.10. The van der Waals surface area contributed by atoms with Gasteiger partial charge in [0.1, 0.15) is 17.3 Å². The van der Waals surface area contributed by atoms with E-state index in [0.29, 0.717) is 16.9 Å². The van der Waals surface area contributed by atoms with Crippen LogP contribution < -0.4 is 9.64 Å². The summed E-state index contributed by atoms with van der Waals surface area (Å²) in [6.45, 7) is 5.51. The zero-order chi connectivity index (χ0) is 27.1. The van der Waals surface area contributed by atoms with E-state index in [1.165, 1.54) is 24.3 Å². The average molecular weight is 511 g/mol. The van der Waals surface area contributed by atoms with Crippen LogP contribution in [0.3, 0.4) is 0 Å². The van der Waals surface area contributed by atoms with Crippen LogP contribution in [0.25, 0.3) is 5.76 Å². The Morgan fingerprint density at radius 3 is 2.14 bits per heavy atom. The first-order valence-corrected chi connectivity index (χ1v) is 11.4. The minimum absolute atomic E-state index is 0.0455. The molecule has 192 valence electrons. The van der Waals surface area contributed by atoms with E-state index in [2.05, 4.69) is 0 Å². The van der Waals surface area contributed by atoms with Crippen molar-refractivity contribution in [3.05, 3.63) is 94.6 Å². The molecule has 0 aromatic heterocycles. The molecule has 9 heteroatoms. The number of aliphatic hydroxyl groups is 1. The third-order valence-corrected chi connectivity index (χ3v) is 5.94. The van der Waals surface area contributed by atoms with E-state index >= 15 is 0 Å². The number of hydrogen-bond donors (Lipinski definition) is 2. The fourth-order valence-corrected chi connectivity index (χ4v) is 4.22. The highest BCUT2D eigenvalue weighted by molar-refractivity contribution is 6.51. The molecule has 1 aliphatic heterocycles. The SMILES string of the molecule is Cc1cc(/C(O)=C2/C(=O)C(=O)N(c3ccc(C(F)(F)F)cc3)C2c2ccc(O)cc2)ccc1OC(C)C. The zero-order valence-corrected chi connectivity index (χ0v) is 20.2. The Bertz CT molecular complexity index is 1380. The summed E-state index contributed by atoms with van der Waals surface area (Å²) in [4.78, 5) is 27.4. The molecule has 1 fully saturated rings. The van der Waals surface area contributed by atoms with Gasteiger partial charge in [0.25, 0.3) is 11.7 Å². The second-order valence-electron chi connectivity index (χ2n) is 8.95. The highest BCUT2D eigenvalue weighted by Gasteiger charge is 2.47. The molecule has 0 radical (unpaired) electrons. The van der Waals surface area contributed by atoms with Gasteiger partial charge in [0.05, 0.1) is 23.3 Å². The van der Waals surface area contributed by atoms with Crippen molar-refractivity contribution in [1.82, 2.24) is 0 Å². The lowest BCUT2D eigenvalue weighted by Crippen LogP contribution is -2.29. The number of aryl methyl sites for hydroxylation is 1. The predicted octanol–water partition coefficient (Wildman–Crippen LogP) is 6.13. The number of amides is 1. The first-order valence-electron chi connectivity index (χ1n) is 11.4. The Morgan fingerprint density at radius 2 is 1.59 bits per heavy atom. The molecule has 4 rings (SSSR count). The van der Waals surface area contributed by atoms with Gasteiger partial charge in [-0.15, -0.1) is 0 Å². The Kier molecular flexibility index (Phi) is 6.73. The van der Waals surface area contributed by atoms with Crippen molar-refractivity contribution in [2.24, 2.45) is 0 Å². The van der Waals surface area contributed by atoms with Crippen molar-refractivity contribution >= 4 is 23.1 Å². The highest BCUT2D eigenvalue weighted by Crippen LogP contribution is 2.43. The van der Waals surface area contributed by atoms with Gasteiger partial charge in [0.2, 0.25) is 0 Å². The predicted molar refractivity (Wildman–Crippen MR) is 131 cm³/mol. The van der Waals surface area contributed by atoms with E-state index in [9.17, 15) is 33.0 Å². The molecule has 37 heavy (non-hydrogen) atoms. The third-order valence-electron chi connectivity index (χ3n) is 5.94. The summed E-state index contributed by atoms with van der Waals surface area (Å²) >= 11 is 0. The number of Topliss-reactive ketones (excluding diaryl/α,β-unsaturated/α-hetero) is 1. The van der Waals surface area contributed by atoms with Gasteiger partial charge in [-0.2, -0.15) is 13.2 Å². The summed E-state index contributed by atoms with van der Waals surface area (Å²) in [6.07, 6.45) is -4.66. The number of phenols is 1. The van der Waals surface area contributed by atoms with E-state index in [4.69, 9.17) is 4.74 Å². The molecular weight excluding hydrogens is 487 g/mol. The molecule has 3 aromatic carbocycles. The largest absolute Gasteiger partial charge is 0.508 e. The Hall–Kier alpha value is -4.27. The number of benzene rings is 3. The number of ether oxygens (including phenoxy) is 1. The fraction of sp³-hybridized carbons (Fsp3) is 0.214. The van der Waals surface area contributed by atoms with Gasteiger partial charge >= 0.3 is 6.18 Å². The molecule has 1 atom stereocenters. The van der Waals surface area contributed by atoms with Crippen LogP contribution in [-0.4, -0.2) is 28.0 Å². The smallest absolute Gasteiger partial charge is 0.416 e. The fourth-order valence-electron chi connectivity index (χ4n) is 4.22. The number of carbonyl (C=O) groups excluding carboxylic acids is 2.